The molecule has 1 aliphatic heterocycles. The number of hydrogen-bond acceptors (Lipinski definition) is 4. The van der Waals surface area contributed by atoms with Crippen molar-refractivity contribution in [3.05, 3.63) is 41.7 Å². The lowest BCUT2D eigenvalue weighted by Crippen LogP contribution is -2.18. The van der Waals surface area contributed by atoms with E-state index in [9.17, 15) is 5.11 Å². The lowest BCUT2D eigenvalue weighted by atomic mass is 10.0. The van der Waals surface area contributed by atoms with Crippen LogP contribution in [0.3, 0.4) is 0 Å². The molecule has 1 unspecified atom stereocenters. The Bertz CT molecular complexity index is 595. The zero-order valence-corrected chi connectivity index (χ0v) is 11.5. The van der Waals surface area contributed by atoms with E-state index in [-0.39, 0.29) is 0 Å². The summed E-state index contributed by atoms with van der Waals surface area (Å²) in [6.07, 6.45) is 1.91. The Kier molecular flexibility index (Phi) is 3.60. The third-order valence-electron chi connectivity index (χ3n) is 3.36. The number of hydrogen-bond donors (Lipinski definition) is 1. The van der Waals surface area contributed by atoms with Crippen LogP contribution >= 0.6 is 0 Å². The molecule has 0 aliphatic carbocycles. The van der Waals surface area contributed by atoms with Crippen LogP contribution in [0.15, 0.2) is 30.5 Å². The second kappa shape index (κ2) is 5.54. The molecular formula is C15H18N2O3. The van der Waals surface area contributed by atoms with Gasteiger partial charge in [-0.3, -0.25) is 4.68 Å². The van der Waals surface area contributed by atoms with E-state index >= 15 is 0 Å². The number of aryl methyl sites for hydroxylation is 1. The predicted octanol–water partition coefficient (Wildman–Crippen LogP) is 2.15. The minimum atomic E-state index is -0.763. The number of fused-ring (bicyclic) bond motifs is 1. The summed E-state index contributed by atoms with van der Waals surface area (Å²) in [4.78, 5) is 0. The van der Waals surface area contributed by atoms with Gasteiger partial charge >= 0.3 is 0 Å². The van der Waals surface area contributed by atoms with Gasteiger partial charge in [0, 0.05) is 18.3 Å². The van der Waals surface area contributed by atoms with Gasteiger partial charge in [0.1, 0.15) is 19.3 Å². The average Bonchev–Trinajstić information content (AvgIpc) is 2.94. The molecule has 5 nitrogen and oxygen atoms in total. The summed E-state index contributed by atoms with van der Waals surface area (Å²) >= 11 is 0. The van der Waals surface area contributed by atoms with Crippen LogP contribution in [0.25, 0.3) is 0 Å². The Morgan fingerprint density at radius 2 is 2.15 bits per heavy atom. The van der Waals surface area contributed by atoms with Crippen LogP contribution < -0.4 is 9.47 Å². The van der Waals surface area contributed by atoms with E-state index in [4.69, 9.17) is 9.47 Å². The molecule has 0 saturated carbocycles. The standard InChI is InChI=1S/C15H18N2O3/c1-2-8-17-12(6-7-16-17)14(18)11-4-3-5-13-15(11)20-10-9-19-13/h3-7,14,18H,2,8-10H2,1H3. The first-order valence-corrected chi connectivity index (χ1v) is 6.89. The fraction of sp³-hybridized carbons (Fsp3) is 0.400. The molecule has 2 aromatic rings. The number of nitrogens with zero attached hydrogens (tertiary/aromatic N) is 2. The highest BCUT2D eigenvalue weighted by Gasteiger charge is 2.23. The summed E-state index contributed by atoms with van der Waals surface area (Å²) in [5, 5.41) is 14.9. The van der Waals surface area contributed by atoms with Crippen molar-refractivity contribution in [1.29, 1.82) is 0 Å². The number of aliphatic hydroxyl groups is 1. The summed E-state index contributed by atoms with van der Waals surface area (Å²) in [5.41, 5.74) is 1.49. The summed E-state index contributed by atoms with van der Waals surface area (Å²) < 4.78 is 13.0. The van der Waals surface area contributed by atoms with E-state index < -0.39 is 6.10 Å². The van der Waals surface area contributed by atoms with Gasteiger partial charge in [0.05, 0.1) is 5.69 Å². The maximum atomic E-state index is 10.6. The first kappa shape index (κ1) is 13.0. The molecule has 20 heavy (non-hydrogen) atoms. The van der Waals surface area contributed by atoms with E-state index in [1.165, 1.54) is 0 Å². The molecule has 0 saturated heterocycles. The zero-order chi connectivity index (χ0) is 13.9. The Labute approximate surface area is 117 Å². The highest BCUT2D eigenvalue weighted by Crippen LogP contribution is 2.38. The van der Waals surface area contributed by atoms with E-state index in [1.807, 2.05) is 28.9 Å². The zero-order valence-electron chi connectivity index (χ0n) is 11.5. The van der Waals surface area contributed by atoms with Crippen LogP contribution in [0.2, 0.25) is 0 Å². The van der Waals surface area contributed by atoms with Crippen LogP contribution in [-0.2, 0) is 6.54 Å². The number of benzene rings is 1. The quantitative estimate of drug-likeness (QED) is 0.928. The van der Waals surface area contributed by atoms with Crippen molar-refractivity contribution in [2.45, 2.75) is 26.0 Å². The first-order chi connectivity index (χ1) is 9.81. The largest absolute Gasteiger partial charge is 0.486 e. The van der Waals surface area contributed by atoms with Crippen LogP contribution in [0.5, 0.6) is 11.5 Å². The van der Waals surface area contributed by atoms with Gasteiger partial charge in [-0.1, -0.05) is 19.1 Å². The molecule has 3 rings (SSSR count). The van der Waals surface area contributed by atoms with Crippen LogP contribution in [0.1, 0.15) is 30.7 Å². The second-order valence-corrected chi connectivity index (χ2v) is 4.75. The molecule has 0 fully saturated rings. The molecule has 0 amide bonds. The van der Waals surface area contributed by atoms with Gasteiger partial charge in [0.25, 0.3) is 0 Å². The Balaban J connectivity index is 1.98. The predicted molar refractivity (Wildman–Crippen MR) is 74.0 cm³/mol. The maximum Gasteiger partial charge on any atom is 0.167 e. The molecule has 1 atom stereocenters. The molecule has 0 spiro atoms. The molecule has 1 aromatic heterocycles. The average molecular weight is 274 g/mol. The number of rotatable bonds is 4. The summed E-state index contributed by atoms with van der Waals surface area (Å²) in [5.74, 6) is 1.32. The fourth-order valence-electron chi connectivity index (χ4n) is 2.44. The van der Waals surface area contributed by atoms with Crippen molar-refractivity contribution < 1.29 is 14.6 Å². The molecule has 0 radical (unpaired) electrons. The van der Waals surface area contributed by atoms with E-state index in [0.717, 1.165) is 24.2 Å². The molecular weight excluding hydrogens is 256 g/mol. The highest BCUT2D eigenvalue weighted by atomic mass is 16.6. The molecule has 0 bridgehead atoms. The fourth-order valence-corrected chi connectivity index (χ4v) is 2.44. The van der Waals surface area contributed by atoms with E-state index in [1.54, 1.807) is 6.20 Å². The minimum Gasteiger partial charge on any atom is -0.486 e. The van der Waals surface area contributed by atoms with Crippen LogP contribution in [-0.4, -0.2) is 28.1 Å². The monoisotopic (exact) mass is 274 g/mol. The van der Waals surface area contributed by atoms with Crippen molar-refractivity contribution >= 4 is 0 Å². The molecule has 2 heterocycles. The number of para-hydroxylation sites is 1. The molecule has 1 N–H and O–H groups in total. The van der Waals surface area contributed by atoms with Crippen LogP contribution in [0, 0.1) is 0 Å². The van der Waals surface area contributed by atoms with Crippen molar-refractivity contribution in [1.82, 2.24) is 9.78 Å². The van der Waals surface area contributed by atoms with E-state index in [0.29, 0.717) is 24.7 Å². The summed E-state index contributed by atoms with van der Waals surface area (Å²) in [6, 6.07) is 7.42. The maximum absolute atomic E-state index is 10.6. The third kappa shape index (κ3) is 2.25. The third-order valence-corrected chi connectivity index (χ3v) is 3.36. The topological polar surface area (TPSA) is 56.5 Å². The highest BCUT2D eigenvalue weighted by molar-refractivity contribution is 5.50. The van der Waals surface area contributed by atoms with Crippen molar-refractivity contribution in [2.75, 3.05) is 13.2 Å². The van der Waals surface area contributed by atoms with Gasteiger partial charge in [-0.05, 0) is 18.6 Å². The van der Waals surface area contributed by atoms with Gasteiger partial charge < -0.3 is 14.6 Å². The smallest absolute Gasteiger partial charge is 0.167 e. The van der Waals surface area contributed by atoms with Gasteiger partial charge in [0.15, 0.2) is 11.5 Å². The van der Waals surface area contributed by atoms with Crippen molar-refractivity contribution in [3.63, 3.8) is 0 Å². The van der Waals surface area contributed by atoms with Crippen molar-refractivity contribution in [3.8, 4) is 11.5 Å². The summed E-state index contributed by atoms with van der Waals surface area (Å²) in [7, 11) is 0. The van der Waals surface area contributed by atoms with Crippen molar-refractivity contribution in [2.24, 2.45) is 0 Å². The lowest BCUT2D eigenvalue weighted by molar-refractivity contribution is 0.156. The molecule has 5 heteroatoms. The Morgan fingerprint density at radius 3 is 3.00 bits per heavy atom. The van der Waals surface area contributed by atoms with Crippen LogP contribution in [0.4, 0.5) is 0 Å². The van der Waals surface area contributed by atoms with Gasteiger partial charge in [-0.15, -0.1) is 0 Å². The summed E-state index contributed by atoms with van der Waals surface area (Å²) in [6.45, 7) is 3.91. The Hall–Kier alpha value is -2.01. The van der Waals surface area contributed by atoms with Gasteiger partial charge in [-0.25, -0.2) is 0 Å². The minimum absolute atomic E-state index is 0.505. The SMILES string of the molecule is CCCn1nccc1C(O)c1cccc2c1OCCO2. The molecule has 106 valence electrons. The normalized spacial score (nSPS) is 15.1. The number of aromatic nitrogens is 2. The molecule has 1 aliphatic rings. The van der Waals surface area contributed by atoms with E-state index in [2.05, 4.69) is 12.0 Å². The Morgan fingerprint density at radius 1 is 1.30 bits per heavy atom. The first-order valence-electron chi connectivity index (χ1n) is 6.89. The number of aliphatic hydroxyl groups excluding tert-OH is 1. The number of ether oxygens (including phenoxy) is 2. The molecule has 1 aromatic carbocycles. The lowest BCUT2D eigenvalue weighted by Gasteiger charge is -2.23. The van der Waals surface area contributed by atoms with Gasteiger partial charge in [-0.2, -0.15) is 5.10 Å². The van der Waals surface area contributed by atoms with Gasteiger partial charge in [0.2, 0.25) is 0 Å². The second-order valence-electron chi connectivity index (χ2n) is 4.75.